The van der Waals surface area contributed by atoms with Crippen LogP contribution in [0.25, 0.3) is 0 Å². The van der Waals surface area contributed by atoms with Crippen LogP contribution in [0.3, 0.4) is 0 Å². The maximum atomic E-state index is 14.1. The lowest BCUT2D eigenvalue weighted by atomic mass is 9.83. The summed E-state index contributed by atoms with van der Waals surface area (Å²) in [5, 5.41) is 23.2. The summed E-state index contributed by atoms with van der Waals surface area (Å²) in [5.74, 6) is -0.976. The monoisotopic (exact) mass is 816 g/mol. The average Bonchev–Trinajstić information content (AvgIpc) is 3.74. The molecule has 1 aliphatic heterocycles. The number of nitrogens with one attached hydrogen (secondary N) is 4. The average molecular weight is 817 g/mol. The zero-order valence-electron chi connectivity index (χ0n) is 33.8. The van der Waals surface area contributed by atoms with Gasteiger partial charge >= 0.3 is 0 Å². The first-order valence-corrected chi connectivity index (χ1v) is 21.8. The highest BCUT2D eigenvalue weighted by Crippen LogP contribution is 2.34. The number of nitrogens with zero attached hydrogens (tertiary/aromatic N) is 4. The summed E-state index contributed by atoms with van der Waals surface area (Å²) in [6, 6.07) is 8.62. The van der Waals surface area contributed by atoms with Crippen LogP contribution in [-0.4, -0.2) is 92.2 Å². The molecule has 0 bridgehead atoms. The van der Waals surface area contributed by atoms with Crippen molar-refractivity contribution in [1.82, 2.24) is 35.8 Å². The van der Waals surface area contributed by atoms with E-state index < -0.39 is 36.0 Å². The molecule has 0 saturated heterocycles. The molecule has 4 atom stereocenters. The molecule has 14 nitrogen and oxygen atoms in total. The Bertz CT molecular complexity index is 1770. The molecular weight excluding hydrogens is 757 g/mol. The molecule has 1 aliphatic carbocycles. The number of benzene rings is 1. The molecule has 2 aliphatic rings. The van der Waals surface area contributed by atoms with Crippen molar-refractivity contribution in [3.05, 3.63) is 73.1 Å². The molecule has 15 heteroatoms. The van der Waals surface area contributed by atoms with Gasteiger partial charge in [0.05, 0.1) is 42.5 Å². The van der Waals surface area contributed by atoms with Crippen LogP contribution in [-0.2, 0) is 36.9 Å². The zero-order chi connectivity index (χ0) is 41.3. The molecule has 5 amide bonds. The lowest BCUT2D eigenvalue weighted by molar-refractivity contribution is -0.133. The van der Waals surface area contributed by atoms with Gasteiger partial charge in [0.2, 0.25) is 29.5 Å². The molecule has 5 rings (SSSR count). The van der Waals surface area contributed by atoms with Crippen LogP contribution in [0.15, 0.2) is 72.4 Å². The van der Waals surface area contributed by atoms with Gasteiger partial charge in [-0.15, -0.1) is 11.8 Å². The number of imidazole rings is 1. The third-order valence-corrected chi connectivity index (χ3v) is 11.8. The van der Waals surface area contributed by atoms with Gasteiger partial charge in [0.25, 0.3) is 0 Å². The van der Waals surface area contributed by atoms with E-state index in [4.69, 9.17) is 0 Å². The van der Waals surface area contributed by atoms with E-state index in [9.17, 15) is 29.1 Å². The van der Waals surface area contributed by atoms with Crippen LogP contribution in [0.2, 0.25) is 0 Å². The van der Waals surface area contributed by atoms with Crippen LogP contribution in [0.4, 0.5) is 5.69 Å². The summed E-state index contributed by atoms with van der Waals surface area (Å²) in [4.78, 5) is 78.1. The topological polar surface area (TPSA) is 188 Å². The second-order valence-electron chi connectivity index (χ2n) is 15.9. The minimum Gasteiger partial charge on any atom is -0.390 e. The summed E-state index contributed by atoms with van der Waals surface area (Å²) in [7, 11) is 0. The number of carbonyl (C=O) groups is 5. The van der Waals surface area contributed by atoms with E-state index in [2.05, 4.69) is 31.2 Å². The Morgan fingerprint density at radius 2 is 1.67 bits per heavy atom. The van der Waals surface area contributed by atoms with Gasteiger partial charge in [0.15, 0.2) is 0 Å². The molecule has 3 aromatic rings. The third kappa shape index (κ3) is 14.3. The number of aliphatic hydroxyl groups is 1. The number of rotatable bonds is 22. The third-order valence-electron chi connectivity index (χ3n) is 10.7. The minimum absolute atomic E-state index is 0.0317. The first-order chi connectivity index (χ1) is 28.0. The molecule has 58 heavy (non-hydrogen) atoms. The van der Waals surface area contributed by atoms with Crippen LogP contribution >= 0.6 is 11.8 Å². The van der Waals surface area contributed by atoms with Crippen molar-refractivity contribution in [3.63, 3.8) is 0 Å². The summed E-state index contributed by atoms with van der Waals surface area (Å²) in [6.07, 6.45) is 14.9. The highest BCUT2D eigenvalue weighted by Gasteiger charge is 2.33. The largest absolute Gasteiger partial charge is 0.390 e. The molecule has 3 heterocycles. The lowest BCUT2D eigenvalue weighted by Gasteiger charge is -2.32. The van der Waals surface area contributed by atoms with Gasteiger partial charge in [-0.1, -0.05) is 76.3 Å². The number of pyridine rings is 1. The number of anilines is 1. The van der Waals surface area contributed by atoms with Crippen molar-refractivity contribution in [2.24, 2.45) is 11.8 Å². The Morgan fingerprint density at radius 1 is 0.897 bits per heavy atom. The number of thioether (sulfide) groups is 1. The normalized spacial score (nSPS) is 16.5. The second-order valence-corrected chi connectivity index (χ2v) is 16.9. The van der Waals surface area contributed by atoms with Crippen molar-refractivity contribution < 1.29 is 29.1 Å². The summed E-state index contributed by atoms with van der Waals surface area (Å²) in [6.45, 7) is 5.40. The summed E-state index contributed by atoms with van der Waals surface area (Å²) >= 11 is 1.47. The number of aliphatic hydroxyl groups excluding tert-OH is 1. The molecule has 0 radical (unpaired) electrons. The van der Waals surface area contributed by atoms with Gasteiger partial charge in [-0.3, -0.25) is 29.0 Å². The van der Waals surface area contributed by atoms with Crippen LogP contribution in [0, 0.1) is 11.8 Å². The first kappa shape index (κ1) is 44.3. The summed E-state index contributed by atoms with van der Waals surface area (Å²) in [5.41, 5.74) is 1.57. The van der Waals surface area contributed by atoms with Gasteiger partial charge in [-0.05, 0) is 49.1 Å². The van der Waals surface area contributed by atoms with Gasteiger partial charge in [-0.2, -0.15) is 0 Å². The first-order valence-electron chi connectivity index (χ1n) is 20.8. The van der Waals surface area contributed by atoms with E-state index in [1.54, 1.807) is 29.8 Å². The molecule has 1 saturated carbocycles. The molecule has 0 unspecified atom stereocenters. The van der Waals surface area contributed by atoms with Crippen LogP contribution in [0.5, 0.6) is 0 Å². The molecule has 1 aromatic carbocycles. The SMILES string of the molecule is CC(C)C[C@H](NC(=O)[C@H](Cc1ccccc1)NC(=O)CCCN1C(=O)CSc2ccncc21)C(=O)N[C@@H](CC1CCCCC1)[C@@H](O)CC(=O)NCCCn1ccnc1. The smallest absolute Gasteiger partial charge is 0.243 e. The molecule has 2 aromatic heterocycles. The predicted octanol–water partition coefficient (Wildman–Crippen LogP) is 4.17. The van der Waals surface area contributed by atoms with Crippen molar-refractivity contribution >= 4 is 47.0 Å². The van der Waals surface area contributed by atoms with Gasteiger partial charge in [0.1, 0.15) is 12.1 Å². The Labute approximate surface area is 346 Å². The highest BCUT2D eigenvalue weighted by molar-refractivity contribution is 8.00. The quantitative estimate of drug-likeness (QED) is 0.0929. The standard InChI is InChI=1S/C43H60N8O6S/c1-30(2)23-34(42(56)48-33(24-31-11-5-3-6-12-31)37(52)26-40(54)46-17-10-20-50-22-19-45-29-50)49-43(57)35(25-32-13-7-4-8-14-32)47-39(53)15-9-21-51-36-27-44-18-16-38(36)58-28-41(51)55/h4,7-8,13-14,16,18-19,22,27,29-31,33-35,37,52H,3,5-6,9-12,15,17,20-21,23-26,28H2,1-2H3,(H,46,54)(H,47,53)(H,48,56)(H,49,57)/t33-,34-,35-,37-/m0/s1. The minimum atomic E-state index is -1.12. The van der Waals surface area contributed by atoms with Gasteiger partial charge in [-0.25, -0.2) is 4.98 Å². The van der Waals surface area contributed by atoms with Gasteiger partial charge in [0, 0.05) is 56.0 Å². The van der Waals surface area contributed by atoms with E-state index in [1.165, 1.54) is 11.8 Å². The van der Waals surface area contributed by atoms with E-state index >= 15 is 0 Å². The van der Waals surface area contributed by atoms with E-state index in [0.29, 0.717) is 57.0 Å². The number of amides is 5. The van der Waals surface area contributed by atoms with Gasteiger partial charge < -0.3 is 35.8 Å². The number of aryl methyl sites for hydroxylation is 1. The Kier molecular flexibility index (Phi) is 17.6. The van der Waals surface area contributed by atoms with E-state index in [0.717, 1.165) is 48.3 Å². The van der Waals surface area contributed by atoms with Crippen LogP contribution in [0.1, 0.15) is 90.0 Å². The fourth-order valence-electron chi connectivity index (χ4n) is 7.68. The maximum Gasteiger partial charge on any atom is 0.243 e. The van der Waals surface area contributed by atoms with E-state index in [1.807, 2.05) is 61.0 Å². The summed E-state index contributed by atoms with van der Waals surface area (Å²) < 4.78 is 1.93. The number of hydrogen-bond donors (Lipinski definition) is 5. The number of carbonyl (C=O) groups excluding carboxylic acids is 5. The second kappa shape index (κ2) is 23.0. The van der Waals surface area contributed by atoms with Crippen molar-refractivity contribution in [1.29, 1.82) is 0 Å². The number of hydrogen-bond acceptors (Lipinski definition) is 9. The molecule has 0 spiro atoms. The van der Waals surface area contributed by atoms with Crippen molar-refractivity contribution in [2.45, 2.75) is 127 Å². The molecule has 1 fully saturated rings. The zero-order valence-corrected chi connectivity index (χ0v) is 34.6. The maximum absolute atomic E-state index is 14.1. The Balaban J connectivity index is 1.22. The number of aromatic nitrogens is 3. The lowest BCUT2D eigenvalue weighted by Crippen LogP contribution is -2.57. The van der Waals surface area contributed by atoms with Crippen molar-refractivity contribution in [2.75, 3.05) is 23.7 Å². The molecular formula is C43H60N8O6S. The van der Waals surface area contributed by atoms with Crippen LogP contribution < -0.4 is 26.2 Å². The number of fused-ring (bicyclic) bond motifs is 1. The highest BCUT2D eigenvalue weighted by atomic mass is 32.2. The van der Waals surface area contributed by atoms with E-state index in [-0.39, 0.29) is 42.9 Å². The molecule has 314 valence electrons. The predicted molar refractivity (Wildman–Crippen MR) is 224 cm³/mol. The fourth-order valence-corrected chi connectivity index (χ4v) is 8.59. The molecule has 5 N–H and O–H groups in total. The Morgan fingerprint density at radius 3 is 2.41 bits per heavy atom. The fraction of sp³-hybridized carbons (Fsp3) is 0.558. The van der Waals surface area contributed by atoms with Crippen molar-refractivity contribution in [3.8, 4) is 0 Å². The Hall–Kier alpha value is -4.76.